The highest BCUT2D eigenvalue weighted by Gasteiger charge is 2.38. The van der Waals surface area contributed by atoms with Gasteiger partial charge in [0, 0.05) is 77.9 Å². The largest absolute Gasteiger partial charge is 0.310 e. The summed E-state index contributed by atoms with van der Waals surface area (Å²) >= 11 is 0. The van der Waals surface area contributed by atoms with Crippen LogP contribution in [0.25, 0.3) is 166 Å². The van der Waals surface area contributed by atoms with E-state index in [-0.39, 0.29) is 52.1 Å². The molecule has 20 aromatic carbocycles. The molecular formula is C126H92N4. The van der Waals surface area contributed by atoms with Crippen molar-refractivity contribution in [2.75, 3.05) is 9.80 Å². The van der Waals surface area contributed by atoms with Gasteiger partial charge in [-0.2, -0.15) is 0 Å². The molecule has 130 heavy (non-hydrogen) atoms. The van der Waals surface area contributed by atoms with Crippen LogP contribution in [0.5, 0.6) is 0 Å². The molecule has 0 saturated carbocycles. The average Bonchev–Trinajstić information content (AvgIpc) is 1.53. The van der Waals surface area contributed by atoms with Gasteiger partial charge in [0.1, 0.15) is 0 Å². The molecule has 22 aromatic rings. The van der Waals surface area contributed by atoms with E-state index in [1.54, 1.807) is 18.2 Å². The summed E-state index contributed by atoms with van der Waals surface area (Å²) in [6.45, 7) is 8.52. The molecule has 2 aliphatic rings. The number of aromatic nitrogens is 2. The molecule has 4 heteroatoms. The van der Waals surface area contributed by atoms with Crippen molar-refractivity contribution < 1.29 is 28.8 Å². The summed E-state index contributed by atoms with van der Waals surface area (Å²) in [5, 5.41) is 3.67. The predicted octanol–water partition coefficient (Wildman–Crippen LogP) is 34.5. The summed E-state index contributed by atoms with van der Waals surface area (Å²) in [6, 6.07) is 106. The van der Waals surface area contributed by atoms with E-state index in [1.165, 1.54) is 16.0 Å². The van der Waals surface area contributed by atoms with Crippen molar-refractivity contribution in [2.45, 2.75) is 38.5 Å². The number of para-hydroxylation sites is 2. The zero-order valence-corrected chi connectivity index (χ0v) is 71.4. The van der Waals surface area contributed by atoms with Crippen LogP contribution in [0.2, 0.25) is 0 Å². The molecule has 2 aliphatic carbocycles. The SMILES string of the molecule is [2H]c1c([2H])c(N(c2ccc(-c3ccccc3-c3ccccc3)cc2)c2ccc3c(c2)C(C)(C)c2ccccc2-3)c([2H])c([2H])c1-c1ccc2c(c1)c1ccccc1n2-c1ccc(-c2ccccc2)cc1.[2H]c1c([2H])c([2H])c(-c2c([2H])c([2H])c([2H])c([2H])c2-c2c([2H])c([2H])c(N(c3ccc4c(c3)C(C)(C)c3ccccc3-4)c3c([2H])c([2H])c(-c4ccc5c(c4)c4ccccc4n5-c4ccc(-c5ccccc5)cc4)c([2H])c3[2H])c([2H])c2[2H])c([2H])c1[2H]. The van der Waals surface area contributed by atoms with Crippen LogP contribution in [0, 0.1) is 0 Å². The smallest absolute Gasteiger partial charge is 0.0645 e. The van der Waals surface area contributed by atoms with E-state index >= 15 is 0 Å². The quantitative estimate of drug-likeness (QED) is 0.0959. The second-order valence-corrected chi connectivity index (χ2v) is 33.8. The van der Waals surface area contributed by atoms with E-state index in [4.69, 9.17) is 11.0 Å². The third-order valence-electron chi connectivity index (χ3n) is 25.7. The molecule has 0 unspecified atom stereocenters. The third-order valence-corrected chi connectivity index (χ3v) is 25.7. The first-order valence-electron chi connectivity index (χ1n) is 54.0. The van der Waals surface area contributed by atoms with Crippen LogP contribution < -0.4 is 9.80 Å². The van der Waals surface area contributed by atoms with E-state index in [2.05, 4.69) is 199 Å². The van der Waals surface area contributed by atoms with Gasteiger partial charge in [0.25, 0.3) is 0 Å². The van der Waals surface area contributed by atoms with Crippen LogP contribution in [-0.4, -0.2) is 9.13 Å². The molecule has 0 N–H and O–H groups in total. The molecule has 24 rings (SSSR count). The molecule has 0 bridgehead atoms. The second-order valence-electron chi connectivity index (χ2n) is 33.8. The van der Waals surface area contributed by atoms with E-state index in [0.717, 1.165) is 144 Å². The van der Waals surface area contributed by atoms with Crippen LogP contribution in [0.15, 0.2) is 485 Å². The molecule has 0 aliphatic heterocycles. The normalized spacial score (nSPS) is 14.8. The Bertz CT molecular complexity index is 9320. The van der Waals surface area contributed by atoms with Gasteiger partial charge in [-0.15, -0.1) is 0 Å². The summed E-state index contributed by atoms with van der Waals surface area (Å²) in [4.78, 5) is 3.09. The molecule has 0 amide bonds. The van der Waals surface area contributed by atoms with E-state index in [1.807, 2.05) is 183 Å². The Kier molecular flexibility index (Phi) is 14.7. The fourth-order valence-electron chi connectivity index (χ4n) is 19.2. The first kappa shape index (κ1) is 58.7. The van der Waals surface area contributed by atoms with Gasteiger partial charge in [0.05, 0.1) is 50.9 Å². The topological polar surface area (TPSA) is 16.3 Å². The minimum absolute atomic E-state index is 0.0384. The zero-order chi connectivity index (χ0) is 105. The van der Waals surface area contributed by atoms with Crippen LogP contribution in [-0.2, 0) is 10.8 Å². The lowest BCUT2D eigenvalue weighted by Gasteiger charge is -2.28. The number of hydrogen-bond donors (Lipinski definition) is 0. The first-order chi connectivity index (χ1) is 72.7. The van der Waals surface area contributed by atoms with Gasteiger partial charge in [-0.3, -0.25) is 0 Å². The predicted molar refractivity (Wildman–Crippen MR) is 550 cm³/mol. The number of anilines is 6. The highest BCUT2D eigenvalue weighted by atomic mass is 15.1. The highest BCUT2D eigenvalue weighted by molar-refractivity contribution is 6.12. The third kappa shape index (κ3) is 13.9. The lowest BCUT2D eigenvalue weighted by Crippen LogP contribution is -2.16. The van der Waals surface area contributed by atoms with E-state index < -0.39 is 142 Å². The first-order valence-corrected chi connectivity index (χ1v) is 43.5. The summed E-state index contributed by atoms with van der Waals surface area (Å²) in [7, 11) is 0. The van der Waals surface area contributed by atoms with Crippen LogP contribution in [0.3, 0.4) is 0 Å². The van der Waals surface area contributed by atoms with E-state index in [9.17, 15) is 17.8 Å². The van der Waals surface area contributed by atoms with Crippen LogP contribution in [0.4, 0.5) is 34.1 Å². The van der Waals surface area contributed by atoms with Crippen molar-refractivity contribution in [1.29, 1.82) is 0 Å². The Morgan fingerprint density at radius 3 is 0.931 bits per heavy atom. The minimum atomic E-state index is -0.875. The molecule has 2 heterocycles. The van der Waals surface area contributed by atoms with Crippen molar-refractivity contribution in [2.24, 2.45) is 0 Å². The van der Waals surface area contributed by atoms with Crippen molar-refractivity contribution in [3.8, 4) is 123 Å². The molecular weight excluding hydrogens is 1570 g/mol. The van der Waals surface area contributed by atoms with Crippen molar-refractivity contribution in [3.63, 3.8) is 0 Å². The number of benzene rings is 20. The van der Waals surface area contributed by atoms with Gasteiger partial charge in [0.2, 0.25) is 0 Å². The summed E-state index contributed by atoms with van der Waals surface area (Å²) in [6.07, 6.45) is 0. The average molecular weight is 1680 g/mol. The molecule has 4 nitrogen and oxygen atoms in total. The number of fused-ring (bicyclic) bond motifs is 12. The zero-order valence-electron chi connectivity index (χ0n) is 92.4. The monoisotopic (exact) mass is 1680 g/mol. The van der Waals surface area contributed by atoms with Crippen molar-refractivity contribution >= 4 is 77.7 Å². The number of nitrogens with zero attached hydrogens (tertiary/aromatic N) is 4. The summed E-state index contributed by atoms with van der Waals surface area (Å²) in [5.41, 5.74) is 21.3. The number of rotatable bonds is 16. The van der Waals surface area contributed by atoms with Gasteiger partial charge in [-0.05, 0) is 267 Å². The van der Waals surface area contributed by atoms with Gasteiger partial charge in [0.15, 0.2) is 0 Å². The van der Waals surface area contributed by atoms with Gasteiger partial charge in [-0.1, -0.05) is 379 Å². The Hall–Kier alpha value is -16.4. The Morgan fingerprint density at radius 1 is 0.185 bits per heavy atom. The minimum Gasteiger partial charge on any atom is -0.310 e. The van der Waals surface area contributed by atoms with E-state index in [0.29, 0.717) is 11.1 Å². The molecule has 0 saturated heterocycles. The maximum Gasteiger partial charge on any atom is 0.0645 e. The Labute approximate surface area is 789 Å². The van der Waals surface area contributed by atoms with Crippen LogP contribution >= 0.6 is 0 Å². The number of hydrogen-bond acceptors (Lipinski definition) is 2. The van der Waals surface area contributed by atoms with Crippen LogP contribution in [0.1, 0.15) is 78.7 Å². The Balaban J connectivity index is 0.000000167. The summed E-state index contributed by atoms with van der Waals surface area (Å²) < 4.78 is 200. The summed E-state index contributed by atoms with van der Waals surface area (Å²) in [5.74, 6) is 0. The molecule has 0 fully saturated rings. The second kappa shape index (κ2) is 32.5. The van der Waals surface area contributed by atoms with Crippen molar-refractivity contribution in [3.05, 3.63) is 507 Å². The highest BCUT2D eigenvalue weighted by Crippen LogP contribution is 2.54. The fourth-order valence-corrected chi connectivity index (χ4v) is 19.2. The lowest BCUT2D eigenvalue weighted by molar-refractivity contribution is 0.660. The van der Waals surface area contributed by atoms with Gasteiger partial charge < -0.3 is 18.9 Å². The maximum atomic E-state index is 9.90. The molecule has 2 aromatic heterocycles. The molecule has 616 valence electrons. The fraction of sp³-hybridized carbons (Fsp3) is 0.0476. The molecule has 0 spiro atoms. The van der Waals surface area contributed by atoms with Gasteiger partial charge >= 0.3 is 0 Å². The Morgan fingerprint density at radius 2 is 0.492 bits per heavy atom. The molecule has 0 atom stereocenters. The maximum absolute atomic E-state index is 9.90. The standard InChI is InChI=1S/2C63H46N2/c2*1-63(2)59-23-13-11-21-55(59)56-39-38-52(42-60(56)63)64(50-36-29-47(30-37-50)54-20-10-9-19-53(54)46-17-7-4-8-18-46)49-32-27-45(28-33-49)48-31-40-62-58(41-48)57-22-12-14-24-61(57)65(62)51-34-25-44(26-35-51)43-15-5-3-6-16-43/h2*3-42H,1-2H3/i4D,7D,8D,9D,10D,17D,18D,19D,20D,27D,28D,29D,30D,32D,33D,36D,37D;27D,28D,32D,33D. The lowest BCUT2D eigenvalue weighted by atomic mass is 9.82. The van der Waals surface area contributed by atoms with Gasteiger partial charge in [-0.25, -0.2) is 0 Å². The molecule has 0 radical (unpaired) electrons. The van der Waals surface area contributed by atoms with Crippen molar-refractivity contribution in [1.82, 2.24) is 9.13 Å².